The maximum atomic E-state index is 5.34. The Morgan fingerprint density at radius 2 is 1.95 bits per heavy atom. The van der Waals surface area contributed by atoms with E-state index in [1.165, 1.54) is 0 Å². The van der Waals surface area contributed by atoms with Gasteiger partial charge in [0.15, 0.2) is 11.8 Å². The Balaban J connectivity index is 1.91. The van der Waals surface area contributed by atoms with E-state index in [-0.39, 0.29) is 0 Å². The summed E-state index contributed by atoms with van der Waals surface area (Å²) < 4.78 is 7.28. The SMILES string of the molecule is CN=C(NCc1ccccc1OC)NCc1nnc(C)n1C. The molecule has 0 bridgehead atoms. The third-order valence-corrected chi connectivity index (χ3v) is 3.46. The minimum atomic E-state index is 0.558. The van der Waals surface area contributed by atoms with Crippen molar-refractivity contribution in [3.63, 3.8) is 0 Å². The quantitative estimate of drug-likeness (QED) is 0.636. The van der Waals surface area contributed by atoms with Crippen molar-refractivity contribution in [1.29, 1.82) is 0 Å². The molecule has 0 amide bonds. The van der Waals surface area contributed by atoms with Gasteiger partial charge in [0.25, 0.3) is 0 Å². The second-order valence-electron chi connectivity index (χ2n) is 4.81. The van der Waals surface area contributed by atoms with E-state index in [0.717, 1.165) is 23.0 Å². The first-order valence-electron chi connectivity index (χ1n) is 7.07. The van der Waals surface area contributed by atoms with Crippen LogP contribution in [0.3, 0.4) is 0 Å². The third kappa shape index (κ3) is 3.75. The molecular weight excluding hydrogens is 280 g/mol. The van der Waals surface area contributed by atoms with Crippen LogP contribution >= 0.6 is 0 Å². The fraction of sp³-hybridized carbons (Fsp3) is 0.400. The van der Waals surface area contributed by atoms with E-state index in [0.29, 0.717) is 19.0 Å². The van der Waals surface area contributed by atoms with Crippen molar-refractivity contribution < 1.29 is 4.74 Å². The zero-order valence-corrected chi connectivity index (χ0v) is 13.4. The minimum Gasteiger partial charge on any atom is -0.496 e. The topological polar surface area (TPSA) is 76.4 Å². The van der Waals surface area contributed by atoms with Gasteiger partial charge in [-0.2, -0.15) is 0 Å². The Kier molecular flexibility index (Phi) is 5.35. The first-order chi connectivity index (χ1) is 10.7. The molecule has 0 atom stereocenters. The zero-order valence-electron chi connectivity index (χ0n) is 13.4. The van der Waals surface area contributed by atoms with Crippen LogP contribution in [0, 0.1) is 6.92 Å². The lowest BCUT2D eigenvalue weighted by Gasteiger charge is -2.13. The van der Waals surface area contributed by atoms with Gasteiger partial charge >= 0.3 is 0 Å². The lowest BCUT2D eigenvalue weighted by molar-refractivity contribution is 0.409. The second kappa shape index (κ2) is 7.44. The lowest BCUT2D eigenvalue weighted by Crippen LogP contribution is -2.37. The van der Waals surface area contributed by atoms with Crippen LogP contribution in [0.1, 0.15) is 17.2 Å². The molecule has 0 unspecified atom stereocenters. The van der Waals surface area contributed by atoms with Crippen molar-refractivity contribution in [3.05, 3.63) is 41.5 Å². The van der Waals surface area contributed by atoms with E-state index in [2.05, 4.69) is 25.8 Å². The summed E-state index contributed by atoms with van der Waals surface area (Å²) in [7, 11) is 5.35. The molecule has 0 saturated heterocycles. The minimum absolute atomic E-state index is 0.558. The number of nitrogens with zero attached hydrogens (tertiary/aromatic N) is 4. The number of benzene rings is 1. The van der Waals surface area contributed by atoms with E-state index in [4.69, 9.17) is 4.74 Å². The molecule has 1 aromatic heterocycles. The molecule has 2 aromatic rings. The lowest BCUT2D eigenvalue weighted by atomic mass is 10.2. The van der Waals surface area contributed by atoms with Crippen molar-refractivity contribution in [2.24, 2.45) is 12.0 Å². The first-order valence-corrected chi connectivity index (χ1v) is 7.07. The number of methoxy groups -OCH3 is 1. The van der Waals surface area contributed by atoms with Gasteiger partial charge in [0, 0.05) is 26.2 Å². The van der Waals surface area contributed by atoms with Crippen molar-refractivity contribution in [2.75, 3.05) is 14.2 Å². The van der Waals surface area contributed by atoms with Crippen LogP contribution in [-0.2, 0) is 20.1 Å². The monoisotopic (exact) mass is 302 g/mol. The normalized spacial score (nSPS) is 11.4. The molecule has 0 fully saturated rings. The van der Waals surface area contributed by atoms with Gasteiger partial charge in [0.1, 0.15) is 11.6 Å². The molecule has 7 nitrogen and oxygen atoms in total. The van der Waals surface area contributed by atoms with Gasteiger partial charge in [-0.15, -0.1) is 10.2 Å². The summed E-state index contributed by atoms with van der Waals surface area (Å²) >= 11 is 0. The summed E-state index contributed by atoms with van der Waals surface area (Å²) in [6, 6.07) is 7.89. The average molecular weight is 302 g/mol. The molecule has 2 rings (SSSR count). The molecule has 1 heterocycles. The molecule has 22 heavy (non-hydrogen) atoms. The number of ether oxygens (including phenoxy) is 1. The summed E-state index contributed by atoms with van der Waals surface area (Å²) in [5, 5.41) is 14.6. The first kappa shape index (κ1) is 15.8. The van der Waals surface area contributed by atoms with Gasteiger partial charge in [0.05, 0.1) is 13.7 Å². The molecule has 2 N–H and O–H groups in total. The fourth-order valence-electron chi connectivity index (χ4n) is 2.02. The van der Waals surface area contributed by atoms with Gasteiger partial charge in [-0.1, -0.05) is 18.2 Å². The number of aliphatic imine (C=N–C) groups is 1. The van der Waals surface area contributed by atoms with E-state index in [1.54, 1.807) is 14.2 Å². The molecule has 1 aromatic carbocycles. The highest BCUT2D eigenvalue weighted by Crippen LogP contribution is 2.16. The molecule has 118 valence electrons. The number of hydrogen-bond donors (Lipinski definition) is 2. The van der Waals surface area contributed by atoms with Gasteiger partial charge in [-0.3, -0.25) is 4.99 Å². The number of hydrogen-bond acceptors (Lipinski definition) is 4. The van der Waals surface area contributed by atoms with Gasteiger partial charge in [-0.25, -0.2) is 0 Å². The number of aryl methyl sites for hydroxylation is 1. The highest BCUT2D eigenvalue weighted by molar-refractivity contribution is 5.79. The summed E-state index contributed by atoms with van der Waals surface area (Å²) in [5.41, 5.74) is 1.07. The van der Waals surface area contributed by atoms with Crippen LogP contribution in [0.25, 0.3) is 0 Å². The maximum absolute atomic E-state index is 5.34. The van der Waals surface area contributed by atoms with Crippen molar-refractivity contribution in [2.45, 2.75) is 20.0 Å². The van der Waals surface area contributed by atoms with Crippen LogP contribution < -0.4 is 15.4 Å². The second-order valence-corrected chi connectivity index (χ2v) is 4.81. The highest BCUT2D eigenvalue weighted by atomic mass is 16.5. The number of para-hydroxylation sites is 1. The van der Waals surface area contributed by atoms with Crippen molar-refractivity contribution >= 4 is 5.96 Å². The Hall–Kier alpha value is -2.57. The summed E-state index contributed by atoms with van der Waals surface area (Å²) in [5.74, 6) is 3.30. The number of aromatic nitrogens is 3. The standard InChI is InChI=1S/C15H22N6O/c1-11-19-20-14(21(11)3)10-18-15(16-2)17-9-12-7-5-6-8-13(12)22-4/h5-8H,9-10H2,1-4H3,(H2,16,17,18). The van der Waals surface area contributed by atoms with E-state index in [9.17, 15) is 0 Å². The Morgan fingerprint density at radius 3 is 2.59 bits per heavy atom. The third-order valence-electron chi connectivity index (χ3n) is 3.46. The summed E-state index contributed by atoms with van der Waals surface area (Å²) in [6.45, 7) is 3.11. The van der Waals surface area contributed by atoms with Crippen molar-refractivity contribution in [1.82, 2.24) is 25.4 Å². The van der Waals surface area contributed by atoms with E-state index < -0.39 is 0 Å². The van der Waals surface area contributed by atoms with Crippen LogP contribution in [0.4, 0.5) is 0 Å². The molecule has 0 spiro atoms. The summed E-state index contributed by atoms with van der Waals surface area (Å²) in [4.78, 5) is 4.21. The van der Waals surface area contributed by atoms with E-state index in [1.807, 2.05) is 42.8 Å². The predicted molar refractivity (Wildman–Crippen MR) is 85.8 cm³/mol. The molecule has 0 aliphatic heterocycles. The molecule has 0 aliphatic rings. The highest BCUT2D eigenvalue weighted by Gasteiger charge is 2.07. The van der Waals surface area contributed by atoms with Crippen LogP contribution in [0.15, 0.2) is 29.3 Å². The van der Waals surface area contributed by atoms with Crippen LogP contribution in [0.2, 0.25) is 0 Å². The number of nitrogens with one attached hydrogen (secondary N) is 2. The number of guanidine groups is 1. The molecule has 7 heteroatoms. The Morgan fingerprint density at radius 1 is 1.23 bits per heavy atom. The smallest absolute Gasteiger partial charge is 0.191 e. The van der Waals surface area contributed by atoms with Gasteiger partial charge in [-0.05, 0) is 13.0 Å². The Labute approximate surface area is 130 Å². The molecule has 0 saturated carbocycles. The fourth-order valence-corrected chi connectivity index (χ4v) is 2.02. The van der Waals surface area contributed by atoms with Crippen molar-refractivity contribution in [3.8, 4) is 5.75 Å². The Bertz CT molecular complexity index is 649. The maximum Gasteiger partial charge on any atom is 0.191 e. The molecule has 0 aliphatic carbocycles. The van der Waals surface area contributed by atoms with Crippen LogP contribution in [-0.4, -0.2) is 34.9 Å². The van der Waals surface area contributed by atoms with Crippen LogP contribution in [0.5, 0.6) is 5.75 Å². The van der Waals surface area contributed by atoms with E-state index >= 15 is 0 Å². The summed E-state index contributed by atoms with van der Waals surface area (Å²) in [6.07, 6.45) is 0. The number of rotatable bonds is 5. The zero-order chi connectivity index (χ0) is 15.9. The molecular formula is C15H22N6O. The average Bonchev–Trinajstić information content (AvgIpc) is 2.87. The molecule has 0 radical (unpaired) electrons. The van der Waals surface area contributed by atoms with Gasteiger partial charge in [0.2, 0.25) is 0 Å². The predicted octanol–water partition coefficient (Wildman–Crippen LogP) is 0.997. The largest absolute Gasteiger partial charge is 0.496 e. The van der Waals surface area contributed by atoms with Gasteiger partial charge < -0.3 is 19.9 Å².